The van der Waals surface area contributed by atoms with Gasteiger partial charge in [0.05, 0.1) is 13.2 Å². The summed E-state index contributed by atoms with van der Waals surface area (Å²) < 4.78 is 5.84. The molecule has 1 aliphatic heterocycles. The van der Waals surface area contributed by atoms with Crippen LogP contribution in [0.3, 0.4) is 0 Å². The maximum atomic E-state index is 13.0. The molecule has 1 fully saturated rings. The van der Waals surface area contributed by atoms with E-state index in [2.05, 4.69) is 5.32 Å². The van der Waals surface area contributed by atoms with Crippen LogP contribution in [-0.2, 0) is 9.53 Å². The van der Waals surface area contributed by atoms with Gasteiger partial charge in [-0.15, -0.1) is 0 Å². The molecule has 0 spiro atoms. The Morgan fingerprint density at radius 1 is 1.07 bits per heavy atom. The third kappa shape index (κ3) is 4.74. The first-order valence-electron chi connectivity index (χ1n) is 9.22. The Labute approximate surface area is 160 Å². The first-order valence-corrected chi connectivity index (χ1v) is 9.22. The number of nitrogens with one attached hydrogen (secondary N) is 1. The summed E-state index contributed by atoms with van der Waals surface area (Å²) in [7, 11) is 0. The van der Waals surface area contributed by atoms with E-state index in [1.807, 2.05) is 56.0 Å². The van der Waals surface area contributed by atoms with E-state index in [4.69, 9.17) is 4.74 Å². The van der Waals surface area contributed by atoms with Crippen LogP contribution in [0.5, 0.6) is 0 Å². The topological polar surface area (TPSA) is 58.6 Å². The monoisotopic (exact) mass is 366 g/mol. The number of hydrogen-bond acceptors (Lipinski definition) is 3. The summed E-state index contributed by atoms with van der Waals surface area (Å²) in [5.74, 6) is -0.131. The van der Waals surface area contributed by atoms with Crippen molar-refractivity contribution in [2.45, 2.75) is 26.9 Å². The molecular formula is C22H26N2O3. The molecule has 0 radical (unpaired) electrons. The zero-order chi connectivity index (χ0) is 19.4. The summed E-state index contributed by atoms with van der Waals surface area (Å²) in [6.07, 6.45) is -0.118. The third-order valence-electron chi connectivity index (χ3n) is 4.57. The predicted octanol–water partition coefficient (Wildman–Crippen LogP) is 3.88. The van der Waals surface area contributed by atoms with E-state index in [1.165, 1.54) is 0 Å². The van der Waals surface area contributed by atoms with Crippen molar-refractivity contribution in [3.8, 4) is 0 Å². The van der Waals surface area contributed by atoms with Gasteiger partial charge in [0, 0.05) is 23.2 Å². The van der Waals surface area contributed by atoms with E-state index in [9.17, 15) is 9.59 Å². The Kier molecular flexibility index (Phi) is 5.61. The molecule has 0 aromatic heterocycles. The van der Waals surface area contributed by atoms with Gasteiger partial charge in [-0.25, -0.2) is 0 Å². The Morgan fingerprint density at radius 3 is 2.52 bits per heavy atom. The number of anilines is 1. The standard InChI is InChI=1S/C22H26N2O3/c1-22(2,3)21(26)23-18-11-7-10-17(14-18)20(25)24-12-13-27-19(15-24)16-8-5-4-6-9-16/h4-11,14,19H,12-13,15H2,1-3H3,(H,23,26). The maximum Gasteiger partial charge on any atom is 0.254 e. The fraction of sp³-hybridized carbons (Fsp3) is 0.364. The van der Waals surface area contributed by atoms with Gasteiger partial charge in [-0.3, -0.25) is 9.59 Å². The molecule has 5 heteroatoms. The number of amides is 2. The minimum atomic E-state index is -0.493. The number of carbonyl (C=O) groups is 2. The van der Waals surface area contributed by atoms with Crippen LogP contribution < -0.4 is 5.32 Å². The van der Waals surface area contributed by atoms with Gasteiger partial charge in [0.1, 0.15) is 6.10 Å². The van der Waals surface area contributed by atoms with Crippen molar-refractivity contribution in [3.05, 3.63) is 65.7 Å². The van der Waals surface area contributed by atoms with Crippen LogP contribution in [0, 0.1) is 5.41 Å². The highest BCUT2D eigenvalue weighted by Gasteiger charge is 2.26. The molecule has 1 heterocycles. The highest BCUT2D eigenvalue weighted by Crippen LogP contribution is 2.24. The highest BCUT2D eigenvalue weighted by molar-refractivity contribution is 5.98. The Bertz CT molecular complexity index is 812. The maximum absolute atomic E-state index is 13.0. The molecule has 1 saturated heterocycles. The average molecular weight is 366 g/mol. The zero-order valence-electron chi connectivity index (χ0n) is 16.1. The van der Waals surface area contributed by atoms with E-state index in [0.717, 1.165) is 5.56 Å². The number of benzene rings is 2. The first kappa shape index (κ1) is 19.1. The quantitative estimate of drug-likeness (QED) is 0.897. The van der Waals surface area contributed by atoms with Crippen molar-refractivity contribution in [3.63, 3.8) is 0 Å². The lowest BCUT2D eigenvalue weighted by molar-refractivity contribution is -0.123. The number of carbonyl (C=O) groups excluding carboxylic acids is 2. The average Bonchev–Trinajstić information content (AvgIpc) is 2.67. The van der Waals surface area contributed by atoms with Gasteiger partial charge in [0.15, 0.2) is 0 Å². The van der Waals surface area contributed by atoms with Gasteiger partial charge in [0.2, 0.25) is 5.91 Å². The molecule has 3 rings (SSSR count). The summed E-state index contributed by atoms with van der Waals surface area (Å²) in [5.41, 5.74) is 1.78. The summed E-state index contributed by atoms with van der Waals surface area (Å²) in [5, 5.41) is 2.88. The molecule has 1 N–H and O–H groups in total. The molecule has 1 aliphatic rings. The molecule has 2 aromatic rings. The first-order chi connectivity index (χ1) is 12.8. The highest BCUT2D eigenvalue weighted by atomic mass is 16.5. The van der Waals surface area contributed by atoms with Crippen molar-refractivity contribution in [1.82, 2.24) is 4.90 Å². The number of nitrogens with zero attached hydrogens (tertiary/aromatic N) is 1. The second-order valence-electron chi connectivity index (χ2n) is 7.81. The van der Waals surface area contributed by atoms with E-state index in [-0.39, 0.29) is 17.9 Å². The van der Waals surface area contributed by atoms with Crippen molar-refractivity contribution >= 4 is 17.5 Å². The summed E-state index contributed by atoms with van der Waals surface area (Å²) in [6.45, 7) is 7.15. The van der Waals surface area contributed by atoms with Crippen molar-refractivity contribution < 1.29 is 14.3 Å². The Hall–Kier alpha value is -2.66. The fourth-order valence-electron chi connectivity index (χ4n) is 2.93. The van der Waals surface area contributed by atoms with Gasteiger partial charge < -0.3 is 15.0 Å². The van der Waals surface area contributed by atoms with Crippen LogP contribution >= 0.6 is 0 Å². The van der Waals surface area contributed by atoms with E-state index >= 15 is 0 Å². The van der Waals surface area contributed by atoms with E-state index < -0.39 is 5.41 Å². The van der Waals surface area contributed by atoms with Crippen LogP contribution in [0.2, 0.25) is 0 Å². The summed E-state index contributed by atoms with van der Waals surface area (Å²) >= 11 is 0. The van der Waals surface area contributed by atoms with Crippen LogP contribution in [0.15, 0.2) is 54.6 Å². The lowest BCUT2D eigenvalue weighted by Gasteiger charge is -2.33. The zero-order valence-corrected chi connectivity index (χ0v) is 16.1. The van der Waals surface area contributed by atoms with Crippen molar-refractivity contribution in [2.24, 2.45) is 5.41 Å². The second-order valence-corrected chi connectivity index (χ2v) is 7.81. The van der Waals surface area contributed by atoms with Crippen molar-refractivity contribution in [1.29, 1.82) is 0 Å². The minimum absolute atomic E-state index is 0.0499. The number of ether oxygens (including phenoxy) is 1. The SMILES string of the molecule is CC(C)(C)C(=O)Nc1cccc(C(=O)N2CCOC(c3ccccc3)C2)c1. The number of rotatable bonds is 3. The third-order valence-corrected chi connectivity index (χ3v) is 4.57. The summed E-state index contributed by atoms with van der Waals surface area (Å²) in [4.78, 5) is 27.0. The molecule has 1 atom stereocenters. The Morgan fingerprint density at radius 2 is 1.81 bits per heavy atom. The van der Waals surface area contributed by atoms with Crippen LogP contribution in [0.1, 0.15) is 42.8 Å². The molecule has 0 aliphatic carbocycles. The van der Waals surface area contributed by atoms with Gasteiger partial charge in [-0.05, 0) is 23.8 Å². The molecule has 2 aromatic carbocycles. The van der Waals surface area contributed by atoms with Gasteiger partial charge >= 0.3 is 0 Å². The summed E-state index contributed by atoms with van der Waals surface area (Å²) in [6, 6.07) is 17.0. The van der Waals surface area contributed by atoms with Crippen molar-refractivity contribution in [2.75, 3.05) is 25.0 Å². The Balaban J connectivity index is 1.72. The molecule has 1 unspecified atom stereocenters. The van der Waals surface area contributed by atoms with Gasteiger partial charge in [-0.2, -0.15) is 0 Å². The predicted molar refractivity (Wildman–Crippen MR) is 106 cm³/mol. The molecule has 142 valence electrons. The molecule has 0 saturated carbocycles. The molecule has 2 amide bonds. The molecular weight excluding hydrogens is 340 g/mol. The minimum Gasteiger partial charge on any atom is -0.370 e. The van der Waals surface area contributed by atoms with Gasteiger partial charge in [0.25, 0.3) is 5.91 Å². The van der Waals surface area contributed by atoms with E-state index in [0.29, 0.717) is 30.9 Å². The largest absolute Gasteiger partial charge is 0.370 e. The number of hydrogen-bond donors (Lipinski definition) is 1. The lowest BCUT2D eigenvalue weighted by atomic mass is 9.95. The van der Waals surface area contributed by atoms with Crippen LogP contribution in [0.4, 0.5) is 5.69 Å². The van der Waals surface area contributed by atoms with Crippen LogP contribution in [-0.4, -0.2) is 36.4 Å². The second kappa shape index (κ2) is 7.92. The molecule has 27 heavy (non-hydrogen) atoms. The molecule has 5 nitrogen and oxygen atoms in total. The van der Waals surface area contributed by atoms with E-state index in [1.54, 1.807) is 24.3 Å². The number of morpholine rings is 1. The van der Waals surface area contributed by atoms with Gasteiger partial charge in [-0.1, -0.05) is 57.2 Å². The lowest BCUT2D eigenvalue weighted by Crippen LogP contribution is -2.42. The smallest absolute Gasteiger partial charge is 0.254 e. The molecule has 0 bridgehead atoms. The van der Waals surface area contributed by atoms with Crippen LogP contribution in [0.25, 0.3) is 0 Å². The fourth-order valence-corrected chi connectivity index (χ4v) is 2.93. The normalized spacial score (nSPS) is 17.4.